The number of halogens is 3. The van der Waals surface area contributed by atoms with Gasteiger partial charge >= 0.3 is 6.36 Å². The van der Waals surface area contributed by atoms with Gasteiger partial charge in [-0.25, -0.2) is 4.99 Å². The van der Waals surface area contributed by atoms with E-state index in [2.05, 4.69) is 31.6 Å². The normalized spacial score (nSPS) is 12.9. The molecule has 0 radical (unpaired) electrons. The number of H-pyrrole nitrogens is 1. The molecule has 1 aliphatic rings. The van der Waals surface area contributed by atoms with Gasteiger partial charge in [0.15, 0.2) is 5.96 Å². The number of nitrogens with zero attached hydrogens (tertiary/aromatic N) is 3. The van der Waals surface area contributed by atoms with E-state index in [4.69, 9.17) is 17.2 Å². The molecule has 2 aromatic carbocycles. The van der Waals surface area contributed by atoms with Gasteiger partial charge < -0.3 is 37.1 Å². The first kappa shape index (κ1) is 29.7. The van der Waals surface area contributed by atoms with Crippen molar-refractivity contribution in [3.63, 3.8) is 0 Å². The number of guanidine groups is 1. The molecule has 1 aliphatic heterocycles. The standard InChI is InChI=1S/C29H35F3N8O/c1-19-38-27-23(18-40(19)24-8-6-20(7-9-24)17-36-11-4-12-37-28(34)35)16-26(39-27)22-13-21(5-2-3-10-33)14-25(15-22)41-29(30,31)32/h6-9,13-16,18,36H,1-5,10-12,17,33H2,(H,38,39)(H4,34,35,37). The predicted molar refractivity (Wildman–Crippen MR) is 155 cm³/mol. The topological polar surface area (TPSA) is 143 Å². The number of alkyl halides is 3. The monoisotopic (exact) mass is 568 g/mol. The van der Waals surface area contributed by atoms with Gasteiger partial charge in [0.05, 0.1) is 0 Å². The smallest absolute Gasteiger partial charge is 0.406 e. The number of anilines is 1. The van der Waals surface area contributed by atoms with E-state index in [1.54, 1.807) is 0 Å². The summed E-state index contributed by atoms with van der Waals surface area (Å²) < 4.78 is 43.3. The van der Waals surface area contributed by atoms with Crippen LogP contribution in [-0.4, -0.2) is 36.9 Å². The molecule has 12 heteroatoms. The molecule has 41 heavy (non-hydrogen) atoms. The number of unbranched alkanes of at least 4 members (excludes halogenated alkanes) is 1. The number of aryl methyl sites for hydroxylation is 1. The van der Waals surface area contributed by atoms with E-state index in [1.807, 2.05) is 47.5 Å². The highest BCUT2D eigenvalue weighted by Gasteiger charge is 2.31. The van der Waals surface area contributed by atoms with Crippen molar-refractivity contribution in [1.82, 2.24) is 10.3 Å². The van der Waals surface area contributed by atoms with Gasteiger partial charge in [0.1, 0.15) is 17.1 Å². The minimum atomic E-state index is -4.79. The van der Waals surface area contributed by atoms with Crippen LogP contribution < -0.4 is 42.9 Å². The largest absolute Gasteiger partial charge is 0.573 e. The molecule has 0 saturated heterocycles. The van der Waals surface area contributed by atoms with Gasteiger partial charge in [-0.15, -0.1) is 13.2 Å². The van der Waals surface area contributed by atoms with Gasteiger partial charge in [-0.1, -0.05) is 18.7 Å². The Kier molecular flexibility index (Phi) is 9.69. The zero-order chi connectivity index (χ0) is 29.4. The second-order valence-electron chi connectivity index (χ2n) is 9.68. The van der Waals surface area contributed by atoms with E-state index in [0.717, 1.165) is 47.8 Å². The second-order valence-corrected chi connectivity index (χ2v) is 9.68. The van der Waals surface area contributed by atoms with E-state index in [9.17, 15) is 13.2 Å². The van der Waals surface area contributed by atoms with Gasteiger partial charge in [-0.05, 0) is 86.3 Å². The van der Waals surface area contributed by atoms with Crippen molar-refractivity contribution in [3.05, 3.63) is 82.8 Å². The van der Waals surface area contributed by atoms with Crippen LogP contribution in [0.25, 0.3) is 17.5 Å². The lowest BCUT2D eigenvalue weighted by Gasteiger charge is -2.21. The van der Waals surface area contributed by atoms with Gasteiger partial charge in [-0.3, -0.25) is 4.99 Å². The van der Waals surface area contributed by atoms with Crippen molar-refractivity contribution in [2.75, 3.05) is 24.5 Å². The zero-order valence-corrected chi connectivity index (χ0v) is 22.7. The maximum Gasteiger partial charge on any atom is 0.573 e. The predicted octanol–water partition coefficient (Wildman–Crippen LogP) is 2.96. The van der Waals surface area contributed by atoms with Crippen LogP contribution in [0.1, 0.15) is 30.4 Å². The summed E-state index contributed by atoms with van der Waals surface area (Å²) in [7, 11) is 0. The maximum absolute atomic E-state index is 13.0. The Bertz CT molecular complexity index is 1490. The first-order chi connectivity index (χ1) is 19.6. The van der Waals surface area contributed by atoms with Gasteiger partial charge in [0.25, 0.3) is 0 Å². The molecule has 1 aromatic heterocycles. The van der Waals surface area contributed by atoms with E-state index < -0.39 is 6.36 Å². The zero-order valence-electron chi connectivity index (χ0n) is 22.7. The fourth-order valence-corrected chi connectivity index (χ4v) is 4.47. The summed E-state index contributed by atoms with van der Waals surface area (Å²) in [4.78, 5) is 13.7. The molecule has 0 atom stereocenters. The molecule has 0 amide bonds. The number of aliphatic imine (C=N–C) groups is 1. The third kappa shape index (κ3) is 8.60. The van der Waals surface area contributed by atoms with Crippen LogP contribution in [0.2, 0.25) is 0 Å². The number of hydrogen-bond acceptors (Lipinski definition) is 6. The molecule has 0 spiro atoms. The fourth-order valence-electron chi connectivity index (χ4n) is 4.47. The van der Waals surface area contributed by atoms with E-state index in [-0.39, 0.29) is 11.7 Å². The molecule has 0 bridgehead atoms. The van der Waals surface area contributed by atoms with Crippen molar-refractivity contribution in [2.45, 2.75) is 38.6 Å². The number of aromatic nitrogens is 1. The first-order valence-corrected chi connectivity index (χ1v) is 13.3. The van der Waals surface area contributed by atoms with Gasteiger partial charge in [-0.2, -0.15) is 0 Å². The molecule has 9 nitrogen and oxygen atoms in total. The molecule has 4 rings (SSSR count). The lowest BCUT2D eigenvalue weighted by atomic mass is 10.0. The average molecular weight is 569 g/mol. The third-order valence-electron chi connectivity index (χ3n) is 6.39. The molecule has 0 saturated carbocycles. The fraction of sp³-hybridized carbons (Fsp3) is 0.310. The molecule has 0 unspecified atom stereocenters. The summed E-state index contributed by atoms with van der Waals surface area (Å²) in [5.41, 5.74) is 20.7. The summed E-state index contributed by atoms with van der Waals surface area (Å²) >= 11 is 0. The minimum absolute atomic E-state index is 0.0966. The van der Waals surface area contributed by atoms with Crippen LogP contribution in [0.15, 0.2) is 70.9 Å². The van der Waals surface area contributed by atoms with Crippen molar-refractivity contribution in [1.29, 1.82) is 0 Å². The van der Waals surface area contributed by atoms with Gasteiger partial charge in [0.2, 0.25) is 0 Å². The number of hydrogen-bond donors (Lipinski definition) is 5. The molecule has 0 fully saturated rings. The summed E-state index contributed by atoms with van der Waals surface area (Å²) in [6.45, 7) is 6.68. The number of aromatic amines is 1. The Hall–Kier alpha value is -4.29. The first-order valence-electron chi connectivity index (χ1n) is 13.3. The van der Waals surface area contributed by atoms with Crippen LogP contribution in [0.5, 0.6) is 5.75 Å². The Morgan fingerprint density at radius 1 is 1.05 bits per heavy atom. The van der Waals surface area contributed by atoms with E-state index in [1.165, 1.54) is 12.1 Å². The highest BCUT2D eigenvalue weighted by molar-refractivity contribution is 5.75. The Morgan fingerprint density at radius 3 is 2.54 bits per heavy atom. The molecule has 2 heterocycles. The maximum atomic E-state index is 13.0. The van der Waals surface area contributed by atoms with Crippen molar-refractivity contribution < 1.29 is 17.9 Å². The number of nitrogens with one attached hydrogen (secondary N) is 2. The van der Waals surface area contributed by atoms with E-state index >= 15 is 0 Å². The average Bonchev–Trinajstić information content (AvgIpc) is 3.32. The highest BCUT2D eigenvalue weighted by Crippen LogP contribution is 2.30. The summed E-state index contributed by atoms with van der Waals surface area (Å²) in [6, 6.07) is 14.5. The summed E-state index contributed by atoms with van der Waals surface area (Å²) in [6.07, 6.45) is 0.0727. The lowest BCUT2D eigenvalue weighted by Crippen LogP contribution is -2.33. The van der Waals surface area contributed by atoms with Crippen LogP contribution in [0.4, 0.5) is 18.9 Å². The Morgan fingerprint density at radius 2 is 1.83 bits per heavy atom. The van der Waals surface area contributed by atoms with Crippen LogP contribution in [0, 0.1) is 0 Å². The lowest BCUT2D eigenvalue weighted by molar-refractivity contribution is -0.274. The molecule has 218 valence electrons. The van der Waals surface area contributed by atoms with Gasteiger partial charge in [0, 0.05) is 41.5 Å². The third-order valence-corrected chi connectivity index (χ3v) is 6.39. The SMILES string of the molecule is C=C1N=c2[nH]c(-c3cc(CCCCN)cc(OC(F)(F)F)c3)cc2=CN1c1ccc(CNCCCN=C(N)N)cc1. The minimum Gasteiger partial charge on any atom is -0.406 e. The van der Waals surface area contributed by atoms with Crippen molar-refractivity contribution >= 4 is 17.8 Å². The van der Waals surface area contributed by atoms with Crippen LogP contribution in [0.3, 0.4) is 0 Å². The number of benzene rings is 2. The second kappa shape index (κ2) is 13.4. The number of ether oxygens (including phenoxy) is 1. The number of nitrogens with two attached hydrogens (primary N) is 3. The molecule has 8 N–H and O–H groups in total. The molecule has 3 aromatic rings. The number of rotatable bonds is 13. The number of fused-ring (bicyclic) bond motifs is 1. The van der Waals surface area contributed by atoms with Crippen LogP contribution in [-0.2, 0) is 13.0 Å². The van der Waals surface area contributed by atoms with Crippen LogP contribution >= 0.6 is 0 Å². The quantitative estimate of drug-likeness (QED) is 0.122. The Labute approximate surface area is 236 Å². The highest BCUT2D eigenvalue weighted by atomic mass is 19.4. The molecular weight excluding hydrogens is 533 g/mol. The molecular formula is C29H35F3N8O. The summed E-state index contributed by atoms with van der Waals surface area (Å²) in [5, 5.41) is 4.14. The van der Waals surface area contributed by atoms with Crippen molar-refractivity contribution in [3.8, 4) is 17.0 Å². The van der Waals surface area contributed by atoms with E-state index in [0.29, 0.717) is 48.6 Å². The Balaban J connectivity index is 1.51. The van der Waals surface area contributed by atoms with Crippen molar-refractivity contribution in [2.24, 2.45) is 27.2 Å². The molecule has 0 aliphatic carbocycles. The summed E-state index contributed by atoms with van der Waals surface area (Å²) in [5.74, 6) is 0.341.